The minimum atomic E-state index is -0.893. The molecule has 0 saturated heterocycles. The maximum Gasteiger partial charge on any atom is 0.306 e. The second kappa shape index (κ2) is 5.12. The molecule has 0 aliphatic heterocycles. The molecule has 0 spiro atoms. The van der Waals surface area contributed by atoms with Gasteiger partial charge in [0, 0.05) is 17.8 Å². The Hall–Kier alpha value is -1.36. The van der Waals surface area contributed by atoms with Gasteiger partial charge in [0.1, 0.15) is 0 Å². The number of rotatable bonds is 5. The Morgan fingerprint density at radius 3 is 2.56 bits per heavy atom. The Labute approximate surface area is 94.7 Å². The van der Waals surface area contributed by atoms with Crippen LogP contribution in [0.2, 0.25) is 0 Å². The van der Waals surface area contributed by atoms with Gasteiger partial charge in [0.15, 0.2) is 0 Å². The summed E-state index contributed by atoms with van der Waals surface area (Å²) >= 11 is 0. The molecule has 2 atom stereocenters. The third-order valence-corrected chi connectivity index (χ3v) is 2.53. The third kappa shape index (κ3) is 3.06. The summed E-state index contributed by atoms with van der Waals surface area (Å²) in [5.41, 5.74) is 0.668. The summed E-state index contributed by atoms with van der Waals surface area (Å²) in [5.74, 6) is -1.45. The zero-order chi connectivity index (χ0) is 12.3. The molecular weight excluding hydrogens is 208 g/mol. The molecule has 1 rings (SSSR count). The van der Waals surface area contributed by atoms with Crippen molar-refractivity contribution >= 4 is 5.97 Å². The lowest BCUT2D eigenvalue weighted by Gasteiger charge is -2.11. The summed E-state index contributed by atoms with van der Waals surface area (Å²) in [6.45, 7) is 5.56. The Kier molecular flexibility index (Phi) is 4.06. The Morgan fingerprint density at radius 1 is 1.50 bits per heavy atom. The van der Waals surface area contributed by atoms with Crippen LogP contribution in [0.1, 0.15) is 44.9 Å². The first-order valence-corrected chi connectivity index (χ1v) is 5.36. The zero-order valence-corrected chi connectivity index (χ0v) is 9.79. The standard InChI is InChI=1S/C11H18N2O3/c1-7(2)13-6-9(5-12-13)10(14)4-8(3)11(15)16/h5-8,10,14H,4H2,1-3H3,(H,15,16). The van der Waals surface area contributed by atoms with Crippen LogP contribution in [0.3, 0.4) is 0 Å². The molecule has 16 heavy (non-hydrogen) atoms. The molecule has 2 unspecified atom stereocenters. The van der Waals surface area contributed by atoms with E-state index in [4.69, 9.17) is 5.11 Å². The summed E-state index contributed by atoms with van der Waals surface area (Å²) in [6.07, 6.45) is 2.78. The molecule has 1 aromatic heterocycles. The average Bonchev–Trinajstić information content (AvgIpc) is 2.65. The number of carboxylic acid groups (broad SMARTS) is 1. The molecule has 1 aromatic rings. The molecule has 0 aliphatic rings. The molecule has 5 nitrogen and oxygen atoms in total. The van der Waals surface area contributed by atoms with Gasteiger partial charge >= 0.3 is 5.97 Å². The average molecular weight is 226 g/mol. The van der Waals surface area contributed by atoms with Crippen molar-refractivity contribution < 1.29 is 15.0 Å². The number of aromatic nitrogens is 2. The number of hydrogen-bond donors (Lipinski definition) is 2. The lowest BCUT2D eigenvalue weighted by atomic mass is 10.0. The van der Waals surface area contributed by atoms with Crippen LogP contribution in [0.4, 0.5) is 0 Å². The number of aliphatic hydroxyl groups excluding tert-OH is 1. The predicted octanol–water partition coefficient (Wildman–Crippen LogP) is 1.61. The first-order chi connectivity index (χ1) is 7.41. The lowest BCUT2D eigenvalue weighted by molar-refractivity contribution is -0.142. The molecule has 90 valence electrons. The molecule has 0 radical (unpaired) electrons. The molecule has 2 N–H and O–H groups in total. The number of aliphatic hydroxyl groups is 1. The van der Waals surface area contributed by atoms with Gasteiger partial charge in [-0.2, -0.15) is 5.10 Å². The highest BCUT2D eigenvalue weighted by molar-refractivity contribution is 5.69. The monoisotopic (exact) mass is 226 g/mol. The first kappa shape index (κ1) is 12.7. The van der Waals surface area contributed by atoms with Crippen molar-refractivity contribution in [1.82, 2.24) is 9.78 Å². The van der Waals surface area contributed by atoms with Crippen molar-refractivity contribution in [3.8, 4) is 0 Å². The number of aliphatic carboxylic acids is 1. The molecule has 0 bridgehead atoms. The van der Waals surface area contributed by atoms with Crippen LogP contribution >= 0.6 is 0 Å². The summed E-state index contributed by atoms with van der Waals surface area (Å²) in [5, 5.41) is 22.7. The third-order valence-electron chi connectivity index (χ3n) is 2.53. The largest absolute Gasteiger partial charge is 0.481 e. The quantitative estimate of drug-likeness (QED) is 0.799. The fourth-order valence-corrected chi connectivity index (χ4v) is 1.38. The van der Waals surface area contributed by atoms with Crippen LogP contribution in [0.15, 0.2) is 12.4 Å². The van der Waals surface area contributed by atoms with E-state index in [-0.39, 0.29) is 12.5 Å². The van der Waals surface area contributed by atoms with Gasteiger partial charge in [0.05, 0.1) is 18.2 Å². The van der Waals surface area contributed by atoms with Crippen molar-refractivity contribution in [2.24, 2.45) is 5.92 Å². The van der Waals surface area contributed by atoms with Crippen LogP contribution < -0.4 is 0 Å². The first-order valence-electron chi connectivity index (χ1n) is 5.36. The van der Waals surface area contributed by atoms with E-state index in [0.717, 1.165) is 0 Å². The van der Waals surface area contributed by atoms with Gasteiger partial charge < -0.3 is 10.2 Å². The molecule has 0 aromatic carbocycles. The molecule has 0 amide bonds. The van der Waals surface area contributed by atoms with Crippen LogP contribution in [0.5, 0.6) is 0 Å². The Bertz CT molecular complexity index is 360. The highest BCUT2D eigenvalue weighted by atomic mass is 16.4. The van der Waals surface area contributed by atoms with Gasteiger partial charge in [0.25, 0.3) is 0 Å². The number of carboxylic acids is 1. The van der Waals surface area contributed by atoms with E-state index >= 15 is 0 Å². The van der Waals surface area contributed by atoms with E-state index < -0.39 is 18.0 Å². The van der Waals surface area contributed by atoms with E-state index in [2.05, 4.69) is 5.10 Å². The van der Waals surface area contributed by atoms with Crippen molar-refractivity contribution in [3.05, 3.63) is 18.0 Å². The molecule has 0 aliphatic carbocycles. The van der Waals surface area contributed by atoms with E-state index in [1.54, 1.807) is 24.0 Å². The van der Waals surface area contributed by atoms with Crippen molar-refractivity contribution in [3.63, 3.8) is 0 Å². The maximum absolute atomic E-state index is 10.6. The molecule has 0 fully saturated rings. The predicted molar refractivity (Wildman–Crippen MR) is 59.0 cm³/mol. The van der Waals surface area contributed by atoms with Gasteiger partial charge in [-0.05, 0) is 20.3 Å². The van der Waals surface area contributed by atoms with E-state index in [1.807, 2.05) is 13.8 Å². The van der Waals surface area contributed by atoms with Crippen LogP contribution in [0.25, 0.3) is 0 Å². The topological polar surface area (TPSA) is 75.4 Å². The van der Waals surface area contributed by atoms with E-state index in [9.17, 15) is 9.90 Å². The summed E-state index contributed by atoms with van der Waals surface area (Å²) in [4.78, 5) is 10.6. The Morgan fingerprint density at radius 2 is 2.12 bits per heavy atom. The Balaban J connectivity index is 2.65. The molecule has 5 heteroatoms. The van der Waals surface area contributed by atoms with Crippen molar-refractivity contribution in [2.45, 2.75) is 39.3 Å². The van der Waals surface area contributed by atoms with Crippen molar-refractivity contribution in [1.29, 1.82) is 0 Å². The summed E-state index contributed by atoms with van der Waals surface area (Å²) in [6, 6.07) is 0.234. The van der Waals surface area contributed by atoms with Gasteiger partial charge in [-0.1, -0.05) is 6.92 Å². The second-order valence-corrected chi connectivity index (χ2v) is 4.34. The fourth-order valence-electron chi connectivity index (χ4n) is 1.38. The number of carbonyl (C=O) groups is 1. The van der Waals surface area contributed by atoms with Gasteiger partial charge in [-0.25, -0.2) is 0 Å². The smallest absolute Gasteiger partial charge is 0.306 e. The highest BCUT2D eigenvalue weighted by Gasteiger charge is 2.19. The maximum atomic E-state index is 10.6. The van der Waals surface area contributed by atoms with Crippen LogP contribution in [-0.4, -0.2) is 26.0 Å². The van der Waals surface area contributed by atoms with E-state index in [0.29, 0.717) is 5.56 Å². The van der Waals surface area contributed by atoms with Crippen LogP contribution in [0, 0.1) is 5.92 Å². The van der Waals surface area contributed by atoms with Crippen molar-refractivity contribution in [2.75, 3.05) is 0 Å². The SMILES string of the molecule is CC(CC(O)c1cnn(C(C)C)c1)C(=O)O. The molecular formula is C11H18N2O3. The molecule has 1 heterocycles. The van der Waals surface area contributed by atoms with Gasteiger partial charge in [-0.15, -0.1) is 0 Å². The summed E-state index contributed by atoms with van der Waals surface area (Å²) < 4.78 is 1.74. The molecule has 0 saturated carbocycles. The zero-order valence-electron chi connectivity index (χ0n) is 9.79. The number of nitrogens with zero attached hydrogens (tertiary/aromatic N) is 2. The highest BCUT2D eigenvalue weighted by Crippen LogP contribution is 2.21. The summed E-state index contributed by atoms with van der Waals surface area (Å²) in [7, 11) is 0. The second-order valence-electron chi connectivity index (χ2n) is 4.34. The lowest BCUT2D eigenvalue weighted by Crippen LogP contribution is -2.13. The van der Waals surface area contributed by atoms with Gasteiger partial charge in [-0.3, -0.25) is 9.48 Å². The fraction of sp³-hybridized carbons (Fsp3) is 0.636. The normalized spacial score (nSPS) is 15.1. The number of hydrogen-bond acceptors (Lipinski definition) is 3. The van der Waals surface area contributed by atoms with Gasteiger partial charge in [0.2, 0.25) is 0 Å². The minimum Gasteiger partial charge on any atom is -0.481 e. The van der Waals surface area contributed by atoms with Crippen LogP contribution in [-0.2, 0) is 4.79 Å². The van der Waals surface area contributed by atoms with E-state index in [1.165, 1.54) is 0 Å². The minimum absolute atomic E-state index is 0.207.